The van der Waals surface area contributed by atoms with Gasteiger partial charge in [0.25, 0.3) is 0 Å². The molecule has 0 spiro atoms. The molecule has 0 aliphatic carbocycles. The van der Waals surface area contributed by atoms with Crippen LogP contribution in [0.5, 0.6) is 0 Å². The van der Waals surface area contributed by atoms with Gasteiger partial charge in [0.05, 0.1) is 0 Å². The first kappa shape index (κ1) is 12.3. The average Bonchev–Trinajstić information content (AvgIpc) is 2.41. The summed E-state index contributed by atoms with van der Waals surface area (Å²) < 4.78 is 0. The summed E-state index contributed by atoms with van der Waals surface area (Å²) in [5.74, 6) is -0.204. The number of rotatable bonds is 3. The molecule has 3 nitrogen and oxygen atoms in total. The molecule has 0 saturated carbocycles. The fourth-order valence-corrected chi connectivity index (χ4v) is 1.67. The van der Waals surface area contributed by atoms with Gasteiger partial charge in [-0.3, -0.25) is 4.79 Å². The summed E-state index contributed by atoms with van der Waals surface area (Å²) >= 11 is 0. The zero-order valence-electron chi connectivity index (χ0n) is 10.3. The number of nitrogens with one attached hydrogen (secondary N) is 1. The Morgan fingerprint density at radius 3 is 2.28 bits per heavy atom. The number of carbonyl (C=O) groups is 1. The van der Waals surface area contributed by atoms with E-state index in [1.807, 2.05) is 61.5 Å². The molecular weight excluding hydrogens is 224 g/mol. The molecule has 3 N–H and O–H groups in total. The molecular formula is C15H16N2O. The van der Waals surface area contributed by atoms with Gasteiger partial charge in [-0.25, -0.2) is 0 Å². The van der Waals surface area contributed by atoms with Crippen LogP contribution in [0.3, 0.4) is 0 Å². The van der Waals surface area contributed by atoms with Crippen LogP contribution in [0.4, 0.5) is 5.69 Å². The third kappa shape index (κ3) is 2.96. The SMILES string of the molecule is Cc1ccc(NC(=O)[C@H](N)c2ccccc2)cc1. The summed E-state index contributed by atoms with van der Waals surface area (Å²) in [7, 11) is 0. The topological polar surface area (TPSA) is 55.1 Å². The summed E-state index contributed by atoms with van der Waals surface area (Å²) in [6, 6.07) is 16.3. The van der Waals surface area contributed by atoms with Gasteiger partial charge < -0.3 is 11.1 Å². The zero-order valence-corrected chi connectivity index (χ0v) is 10.3. The van der Waals surface area contributed by atoms with Gasteiger partial charge in [-0.15, -0.1) is 0 Å². The van der Waals surface area contributed by atoms with Crippen molar-refractivity contribution in [1.29, 1.82) is 0 Å². The molecule has 0 heterocycles. The Bertz CT molecular complexity index is 520. The second-order valence-electron chi connectivity index (χ2n) is 4.24. The lowest BCUT2D eigenvalue weighted by atomic mass is 10.1. The van der Waals surface area contributed by atoms with Crippen LogP contribution in [0.1, 0.15) is 17.2 Å². The molecule has 0 radical (unpaired) electrons. The van der Waals surface area contributed by atoms with Gasteiger partial charge >= 0.3 is 0 Å². The van der Waals surface area contributed by atoms with Gasteiger partial charge in [0.15, 0.2) is 0 Å². The van der Waals surface area contributed by atoms with E-state index in [4.69, 9.17) is 5.73 Å². The fourth-order valence-electron chi connectivity index (χ4n) is 1.67. The molecule has 3 heteroatoms. The molecule has 0 saturated heterocycles. The van der Waals surface area contributed by atoms with E-state index in [0.717, 1.165) is 16.8 Å². The highest BCUT2D eigenvalue weighted by atomic mass is 16.2. The number of anilines is 1. The molecule has 0 bridgehead atoms. The van der Waals surface area contributed by atoms with Crippen molar-refractivity contribution in [1.82, 2.24) is 0 Å². The van der Waals surface area contributed by atoms with Crippen molar-refractivity contribution in [2.24, 2.45) is 5.73 Å². The molecule has 0 aromatic heterocycles. The van der Waals surface area contributed by atoms with Crippen LogP contribution in [0, 0.1) is 6.92 Å². The number of benzene rings is 2. The van der Waals surface area contributed by atoms with Crippen molar-refractivity contribution in [3.8, 4) is 0 Å². The fraction of sp³-hybridized carbons (Fsp3) is 0.133. The van der Waals surface area contributed by atoms with Crippen molar-refractivity contribution in [3.05, 3.63) is 65.7 Å². The normalized spacial score (nSPS) is 11.9. The Kier molecular flexibility index (Phi) is 3.75. The average molecular weight is 240 g/mol. The Labute approximate surface area is 107 Å². The standard InChI is InChI=1S/C15H16N2O/c1-11-7-9-13(10-8-11)17-15(18)14(16)12-5-3-2-4-6-12/h2-10,14H,16H2,1H3,(H,17,18)/t14-/m1/s1. The maximum Gasteiger partial charge on any atom is 0.245 e. The van der Waals surface area contributed by atoms with E-state index in [1.54, 1.807) is 0 Å². The third-order valence-electron chi connectivity index (χ3n) is 2.76. The highest BCUT2D eigenvalue weighted by molar-refractivity contribution is 5.95. The summed E-state index contributed by atoms with van der Waals surface area (Å²) in [5.41, 5.74) is 8.63. The van der Waals surface area contributed by atoms with E-state index >= 15 is 0 Å². The van der Waals surface area contributed by atoms with E-state index in [-0.39, 0.29) is 5.91 Å². The summed E-state index contributed by atoms with van der Waals surface area (Å²) in [6.45, 7) is 2.00. The van der Waals surface area contributed by atoms with Gasteiger partial charge in [0.2, 0.25) is 5.91 Å². The molecule has 0 aliphatic heterocycles. The van der Waals surface area contributed by atoms with Crippen LogP contribution in [0.2, 0.25) is 0 Å². The predicted octanol–water partition coefficient (Wildman–Crippen LogP) is 2.63. The molecule has 0 fully saturated rings. The van der Waals surface area contributed by atoms with Gasteiger partial charge in [0.1, 0.15) is 6.04 Å². The third-order valence-corrected chi connectivity index (χ3v) is 2.76. The maximum absolute atomic E-state index is 12.0. The summed E-state index contributed by atoms with van der Waals surface area (Å²) in [4.78, 5) is 12.0. The zero-order chi connectivity index (χ0) is 13.0. The van der Waals surface area contributed by atoms with Gasteiger partial charge in [-0.05, 0) is 24.6 Å². The summed E-state index contributed by atoms with van der Waals surface area (Å²) in [5, 5.41) is 2.80. The number of hydrogen-bond donors (Lipinski definition) is 2. The molecule has 0 aliphatic rings. The molecule has 1 atom stereocenters. The second-order valence-corrected chi connectivity index (χ2v) is 4.24. The number of amides is 1. The monoisotopic (exact) mass is 240 g/mol. The minimum absolute atomic E-state index is 0.204. The largest absolute Gasteiger partial charge is 0.324 e. The van der Waals surface area contributed by atoms with Gasteiger partial charge in [-0.1, -0.05) is 48.0 Å². The number of aryl methyl sites for hydroxylation is 1. The van der Waals surface area contributed by atoms with Crippen LogP contribution in [-0.4, -0.2) is 5.91 Å². The van der Waals surface area contributed by atoms with Gasteiger partial charge in [-0.2, -0.15) is 0 Å². The first-order chi connectivity index (χ1) is 8.66. The molecule has 2 aromatic carbocycles. The van der Waals surface area contributed by atoms with Crippen LogP contribution >= 0.6 is 0 Å². The molecule has 2 aromatic rings. The van der Waals surface area contributed by atoms with Crippen LogP contribution in [0.15, 0.2) is 54.6 Å². The quantitative estimate of drug-likeness (QED) is 0.866. The number of nitrogens with two attached hydrogens (primary N) is 1. The van der Waals surface area contributed by atoms with E-state index in [9.17, 15) is 4.79 Å². The van der Waals surface area contributed by atoms with Crippen molar-refractivity contribution in [2.45, 2.75) is 13.0 Å². The van der Waals surface area contributed by atoms with E-state index in [2.05, 4.69) is 5.32 Å². The lowest BCUT2D eigenvalue weighted by molar-refractivity contribution is -0.117. The predicted molar refractivity (Wildman–Crippen MR) is 73.2 cm³/mol. The number of carbonyl (C=O) groups excluding carboxylic acids is 1. The Morgan fingerprint density at radius 1 is 1.06 bits per heavy atom. The molecule has 1 amide bonds. The highest BCUT2D eigenvalue weighted by Crippen LogP contribution is 2.14. The van der Waals surface area contributed by atoms with E-state index in [0.29, 0.717) is 0 Å². The smallest absolute Gasteiger partial charge is 0.245 e. The maximum atomic E-state index is 12.0. The second kappa shape index (κ2) is 5.47. The molecule has 18 heavy (non-hydrogen) atoms. The molecule has 0 unspecified atom stereocenters. The van der Waals surface area contributed by atoms with Crippen LogP contribution < -0.4 is 11.1 Å². The Hall–Kier alpha value is -2.13. The van der Waals surface area contributed by atoms with Crippen LogP contribution in [-0.2, 0) is 4.79 Å². The molecule has 92 valence electrons. The minimum atomic E-state index is -0.646. The first-order valence-corrected chi connectivity index (χ1v) is 5.85. The first-order valence-electron chi connectivity index (χ1n) is 5.85. The highest BCUT2D eigenvalue weighted by Gasteiger charge is 2.15. The van der Waals surface area contributed by atoms with E-state index < -0.39 is 6.04 Å². The van der Waals surface area contributed by atoms with E-state index in [1.165, 1.54) is 0 Å². The number of hydrogen-bond acceptors (Lipinski definition) is 2. The van der Waals surface area contributed by atoms with Crippen molar-refractivity contribution in [3.63, 3.8) is 0 Å². The van der Waals surface area contributed by atoms with Crippen molar-refractivity contribution < 1.29 is 4.79 Å². The Morgan fingerprint density at radius 2 is 1.67 bits per heavy atom. The minimum Gasteiger partial charge on any atom is -0.324 e. The van der Waals surface area contributed by atoms with Crippen molar-refractivity contribution in [2.75, 3.05) is 5.32 Å². The lowest BCUT2D eigenvalue weighted by Crippen LogP contribution is -2.27. The van der Waals surface area contributed by atoms with Crippen molar-refractivity contribution >= 4 is 11.6 Å². The summed E-state index contributed by atoms with van der Waals surface area (Å²) in [6.07, 6.45) is 0. The lowest BCUT2D eigenvalue weighted by Gasteiger charge is -2.12. The molecule has 2 rings (SSSR count). The van der Waals surface area contributed by atoms with Gasteiger partial charge in [0, 0.05) is 5.69 Å². The Balaban J connectivity index is 2.06. The van der Waals surface area contributed by atoms with Crippen LogP contribution in [0.25, 0.3) is 0 Å².